The lowest BCUT2D eigenvalue weighted by Gasteiger charge is -2.32. The number of nitrogens with two attached hydrogens (primary N) is 1. The van der Waals surface area contributed by atoms with E-state index in [-0.39, 0.29) is 5.82 Å². The van der Waals surface area contributed by atoms with Gasteiger partial charge in [0.25, 0.3) is 0 Å². The first kappa shape index (κ1) is 25.0. The number of nitriles is 1. The van der Waals surface area contributed by atoms with E-state index >= 15 is 0 Å². The molecular formula is C28H30N10. The third-order valence-electron chi connectivity index (χ3n) is 6.74. The zero-order valence-corrected chi connectivity index (χ0v) is 21.5. The maximum Gasteiger partial charge on any atom is 0.234 e. The van der Waals surface area contributed by atoms with Gasteiger partial charge in [0.2, 0.25) is 5.82 Å². The predicted molar refractivity (Wildman–Crippen MR) is 150 cm³/mol. The molecule has 10 nitrogen and oxygen atoms in total. The summed E-state index contributed by atoms with van der Waals surface area (Å²) < 4.78 is 0. The zero-order chi connectivity index (χ0) is 26.5. The number of pyridine rings is 1. The van der Waals surface area contributed by atoms with Crippen molar-refractivity contribution in [1.29, 1.82) is 5.26 Å². The summed E-state index contributed by atoms with van der Waals surface area (Å²) in [5, 5.41) is 12.5. The molecule has 0 radical (unpaired) electrons. The lowest BCUT2D eigenvalue weighted by molar-refractivity contribution is 0.211. The first-order valence-corrected chi connectivity index (χ1v) is 12.6. The maximum absolute atomic E-state index is 9.01. The number of nitrogens with one attached hydrogen (secondary N) is 1. The summed E-state index contributed by atoms with van der Waals surface area (Å²) in [5.41, 5.74) is 9.99. The molecule has 1 saturated heterocycles. The Kier molecular flexibility index (Phi) is 7.38. The Morgan fingerprint density at radius 2 is 1.92 bits per heavy atom. The molecule has 3 N–H and O–H groups in total. The van der Waals surface area contributed by atoms with Crippen molar-refractivity contribution in [3.8, 4) is 6.07 Å². The number of nitrogens with zero attached hydrogens (tertiary/aromatic N) is 8. The van der Waals surface area contributed by atoms with E-state index in [1.807, 2.05) is 42.2 Å². The fourth-order valence-corrected chi connectivity index (χ4v) is 4.82. The van der Waals surface area contributed by atoms with Crippen LogP contribution in [0.1, 0.15) is 36.7 Å². The molecular weight excluding hydrogens is 476 g/mol. The Labute approximate surface area is 222 Å². The Morgan fingerprint density at radius 1 is 1.13 bits per heavy atom. The maximum atomic E-state index is 9.01. The molecule has 5 rings (SSSR count). The fourth-order valence-electron chi connectivity index (χ4n) is 4.82. The quantitative estimate of drug-likeness (QED) is 0.518. The standard InChI is InChI=1S/C28H30N10/c1-3-23-28(31-2)38(27(35-23)22-5-4-13-33-26(22)30)21-8-6-19(7-9-21)18-37-15-11-20(12-16-37)34-24-10-14-32-25(17-29)36-24/h3-10,13-14,20H,11-12,15-16,18H2,1-2H3,(H2,30,33)(H,32,34,36)/b23-3+,31-28?. The van der Waals surface area contributed by atoms with Gasteiger partial charge < -0.3 is 11.1 Å². The summed E-state index contributed by atoms with van der Waals surface area (Å²) in [7, 11) is 1.77. The summed E-state index contributed by atoms with van der Waals surface area (Å²) in [4.78, 5) is 26.3. The molecule has 0 spiro atoms. The summed E-state index contributed by atoms with van der Waals surface area (Å²) in [5.74, 6) is 2.82. The molecule has 0 amide bonds. The first-order valence-electron chi connectivity index (χ1n) is 12.6. The van der Waals surface area contributed by atoms with Crippen LogP contribution in [0.4, 0.5) is 17.3 Å². The van der Waals surface area contributed by atoms with Crippen LogP contribution >= 0.6 is 0 Å². The lowest BCUT2D eigenvalue weighted by atomic mass is 10.0. The molecule has 0 unspecified atom stereocenters. The normalized spacial score (nSPS) is 18.6. The number of aliphatic imine (C=N–C) groups is 2. The zero-order valence-electron chi connectivity index (χ0n) is 21.5. The molecule has 0 saturated carbocycles. The van der Waals surface area contributed by atoms with Crippen LogP contribution in [0.25, 0.3) is 0 Å². The molecule has 3 aromatic rings. The van der Waals surface area contributed by atoms with Crippen LogP contribution < -0.4 is 16.0 Å². The highest BCUT2D eigenvalue weighted by Gasteiger charge is 2.31. The summed E-state index contributed by atoms with van der Waals surface area (Å²) in [6, 6.07) is 16.5. The lowest BCUT2D eigenvalue weighted by Crippen LogP contribution is -2.38. The molecule has 192 valence electrons. The molecule has 1 fully saturated rings. The van der Waals surface area contributed by atoms with Gasteiger partial charge in [-0.05, 0) is 55.7 Å². The van der Waals surface area contributed by atoms with Crippen LogP contribution in [-0.4, -0.2) is 57.7 Å². The second-order valence-corrected chi connectivity index (χ2v) is 9.17. The van der Waals surface area contributed by atoms with Crippen molar-refractivity contribution in [3.05, 3.63) is 83.6 Å². The third kappa shape index (κ3) is 5.23. The number of likely N-dealkylation sites (tertiary alicyclic amines) is 1. The SMILES string of the molecule is C/C=C1/N=C(c2cccnc2N)N(c2ccc(CN3CCC(Nc4ccnc(C#N)n4)CC3)cc2)C1=NC. The van der Waals surface area contributed by atoms with E-state index in [1.165, 1.54) is 5.56 Å². The number of nitrogen functional groups attached to an aromatic ring is 1. The summed E-state index contributed by atoms with van der Waals surface area (Å²) in [6.07, 6.45) is 7.26. The number of aromatic nitrogens is 3. The second-order valence-electron chi connectivity index (χ2n) is 9.17. The fraction of sp³-hybridized carbons (Fsp3) is 0.286. The van der Waals surface area contributed by atoms with E-state index < -0.39 is 0 Å². The van der Waals surface area contributed by atoms with Crippen molar-refractivity contribution in [3.63, 3.8) is 0 Å². The minimum Gasteiger partial charge on any atom is -0.383 e. The Morgan fingerprint density at radius 3 is 2.61 bits per heavy atom. The second kappa shape index (κ2) is 11.2. The van der Waals surface area contributed by atoms with E-state index in [9.17, 15) is 0 Å². The average Bonchev–Trinajstić information content (AvgIpc) is 3.33. The molecule has 2 aliphatic rings. The predicted octanol–water partition coefficient (Wildman–Crippen LogP) is 3.60. The first-order chi connectivity index (χ1) is 18.6. The van der Waals surface area contributed by atoms with Crippen LogP contribution in [0.5, 0.6) is 0 Å². The van der Waals surface area contributed by atoms with Crippen molar-refractivity contribution in [2.45, 2.75) is 32.4 Å². The van der Waals surface area contributed by atoms with E-state index in [2.05, 4.69) is 54.4 Å². The topological polar surface area (TPSA) is 132 Å². The number of rotatable bonds is 6. The Balaban J connectivity index is 1.25. The molecule has 38 heavy (non-hydrogen) atoms. The van der Waals surface area contributed by atoms with Crippen molar-refractivity contribution >= 4 is 29.0 Å². The van der Waals surface area contributed by atoms with Crippen LogP contribution in [0, 0.1) is 11.3 Å². The molecule has 0 bridgehead atoms. The van der Waals surface area contributed by atoms with Gasteiger partial charge in [-0.3, -0.25) is 14.8 Å². The average molecular weight is 507 g/mol. The summed E-state index contributed by atoms with van der Waals surface area (Å²) in [6.45, 7) is 4.80. The number of allylic oxidation sites excluding steroid dienone is 1. The minimum atomic E-state index is 0.186. The van der Waals surface area contributed by atoms with Gasteiger partial charge in [0.1, 0.15) is 23.4 Å². The monoisotopic (exact) mass is 506 g/mol. The Bertz CT molecular complexity index is 1430. The number of anilines is 3. The van der Waals surface area contributed by atoms with Crippen molar-refractivity contribution < 1.29 is 0 Å². The van der Waals surface area contributed by atoms with Crippen LogP contribution in [-0.2, 0) is 6.54 Å². The van der Waals surface area contributed by atoms with Crippen molar-refractivity contribution in [2.75, 3.05) is 36.1 Å². The molecule has 2 aliphatic heterocycles. The molecule has 0 aliphatic carbocycles. The van der Waals surface area contributed by atoms with Gasteiger partial charge in [0.05, 0.1) is 5.56 Å². The number of piperidine rings is 1. The molecule has 2 aromatic heterocycles. The summed E-state index contributed by atoms with van der Waals surface area (Å²) >= 11 is 0. The van der Waals surface area contributed by atoms with Gasteiger partial charge in [-0.15, -0.1) is 0 Å². The Hall–Kier alpha value is -4.62. The minimum absolute atomic E-state index is 0.186. The van der Waals surface area contributed by atoms with Crippen LogP contribution in [0.15, 0.2) is 76.6 Å². The highest BCUT2D eigenvalue weighted by molar-refractivity contribution is 6.34. The highest BCUT2D eigenvalue weighted by atomic mass is 15.3. The van der Waals surface area contributed by atoms with Gasteiger partial charge in [-0.1, -0.05) is 18.2 Å². The van der Waals surface area contributed by atoms with Crippen molar-refractivity contribution in [2.24, 2.45) is 9.98 Å². The van der Waals surface area contributed by atoms with Gasteiger partial charge in [-0.25, -0.2) is 19.9 Å². The number of amidine groups is 2. The van der Waals surface area contributed by atoms with Crippen LogP contribution in [0.2, 0.25) is 0 Å². The van der Waals surface area contributed by atoms with Gasteiger partial charge in [0.15, 0.2) is 11.7 Å². The number of benzene rings is 1. The highest BCUT2D eigenvalue weighted by Crippen LogP contribution is 2.29. The number of hydrogen-bond acceptors (Lipinski definition) is 9. The van der Waals surface area contributed by atoms with E-state index in [1.54, 1.807) is 19.4 Å². The van der Waals surface area contributed by atoms with Gasteiger partial charge in [-0.2, -0.15) is 5.26 Å². The smallest absolute Gasteiger partial charge is 0.234 e. The van der Waals surface area contributed by atoms with Gasteiger partial charge in [0, 0.05) is 50.8 Å². The molecule has 0 atom stereocenters. The molecule has 10 heteroatoms. The van der Waals surface area contributed by atoms with E-state index in [4.69, 9.17) is 16.0 Å². The molecule has 1 aromatic carbocycles. The van der Waals surface area contributed by atoms with Gasteiger partial charge >= 0.3 is 0 Å². The third-order valence-corrected chi connectivity index (χ3v) is 6.74. The van der Waals surface area contributed by atoms with E-state index in [0.717, 1.165) is 61.1 Å². The largest absolute Gasteiger partial charge is 0.383 e. The number of hydrogen-bond donors (Lipinski definition) is 2. The molecule has 4 heterocycles. The van der Waals surface area contributed by atoms with E-state index in [0.29, 0.717) is 17.7 Å². The van der Waals surface area contributed by atoms with Crippen LogP contribution in [0.3, 0.4) is 0 Å². The van der Waals surface area contributed by atoms with Crippen molar-refractivity contribution in [1.82, 2.24) is 19.9 Å².